The molecule has 3 atom stereocenters. The Balaban J connectivity index is 1.90. The standard InChI is InChI=1S/C16H23ClO2/c1-4-9-18-16-14(17)10-15(16)19-13-7-5-12(6-8-13)11(2)3/h5-8,11,14-16H,4,9-10H2,1-3H3. The summed E-state index contributed by atoms with van der Waals surface area (Å²) in [6.07, 6.45) is 2.00. The molecule has 2 rings (SSSR count). The van der Waals surface area contributed by atoms with Crippen LogP contribution in [0, 0.1) is 0 Å². The van der Waals surface area contributed by atoms with Crippen molar-refractivity contribution in [3.8, 4) is 5.75 Å². The summed E-state index contributed by atoms with van der Waals surface area (Å²) in [4.78, 5) is 0. The second kappa shape index (κ2) is 6.62. The number of halogens is 1. The third-order valence-electron chi connectivity index (χ3n) is 3.53. The lowest BCUT2D eigenvalue weighted by atomic mass is 9.91. The minimum atomic E-state index is 0.0337. The highest BCUT2D eigenvalue weighted by Crippen LogP contribution is 2.33. The molecule has 0 saturated heterocycles. The largest absolute Gasteiger partial charge is 0.488 e. The summed E-state index contributed by atoms with van der Waals surface area (Å²) >= 11 is 6.17. The van der Waals surface area contributed by atoms with Crippen molar-refractivity contribution < 1.29 is 9.47 Å². The van der Waals surface area contributed by atoms with E-state index < -0.39 is 0 Å². The van der Waals surface area contributed by atoms with Gasteiger partial charge in [0.1, 0.15) is 18.0 Å². The molecule has 0 bridgehead atoms. The Kier molecular flexibility index (Phi) is 5.12. The van der Waals surface area contributed by atoms with Crippen LogP contribution >= 0.6 is 11.6 Å². The average molecular weight is 283 g/mol. The molecule has 2 nitrogen and oxygen atoms in total. The van der Waals surface area contributed by atoms with E-state index in [-0.39, 0.29) is 17.6 Å². The average Bonchev–Trinajstić information content (AvgIpc) is 2.39. The molecule has 0 spiro atoms. The lowest BCUT2D eigenvalue weighted by Gasteiger charge is -2.40. The van der Waals surface area contributed by atoms with Crippen LogP contribution in [0.2, 0.25) is 0 Å². The Morgan fingerprint density at radius 1 is 1.26 bits per heavy atom. The van der Waals surface area contributed by atoms with Crippen LogP contribution in [0.1, 0.15) is 45.1 Å². The number of alkyl halides is 1. The number of hydrogen-bond donors (Lipinski definition) is 0. The minimum absolute atomic E-state index is 0.0337. The van der Waals surface area contributed by atoms with E-state index in [0.717, 1.165) is 25.2 Å². The first-order chi connectivity index (χ1) is 9.11. The molecule has 0 heterocycles. The molecule has 0 aliphatic heterocycles. The van der Waals surface area contributed by atoms with Crippen molar-refractivity contribution in [1.29, 1.82) is 0 Å². The predicted octanol–water partition coefficient (Wildman–Crippen LogP) is 4.36. The summed E-state index contributed by atoms with van der Waals surface area (Å²) < 4.78 is 11.7. The van der Waals surface area contributed by atoms with E-state index in [1.165, 1.54) is 5.56 Å². The number of benzene rings is 1. The van der Waals surface area contributed by atoms with Crippen molar-refractivity contribution in [1.82, 2.24) is 0 Å². The maximum Gasteiger partial charge on any atom is 0.128 e. The summed E-state index contributed by atoms with van der Waals surface area (Å²) in [6, 6.07) is 8.32. The van der Waals surface area contributed by atoms with E-state index in [1.807, 2.05) is 12.1 Å². The second-order valence-corrected chi connectivity index (χ2v) is 6.03. The van der Waals surface area contributed by atoms with E-state index in [4.69, 9.17) is 21.1 Å². The fourth-order valence-electron chi connectivity index (χ4n) is 2.21. The SMILES string of the molecule is CCCOC1C(Cl)CC1Oc1ccc(C(C)C)cc1. The van der Waals surface area contributed by atoms with Crippen LogP contribution in [0.4, 0.5) is 0 Å². The van der Waals surface area contributed by atoms with Crippen LogP contribution in [0.3, 0.4) is 0 Å². The maximum atomic E-state index is 6.17. The van der Waals surface area contributed by atoms with Gasteiger partial charge in [0.15, 0.2) is 0 Å². The highest BCUT2D eigenvalue weighted by Gasteiger charge is 2.42. The zero-order chi connectivity index (χ0) is 13.8. The Labute approximate surface area is 121 Å². The van der Waals surface area contributed by atoms with Gasteiger partial charge < -0.3 is 9.47 Å². The quantitative estimate of drug-likeness (QED) is 0.722. The highest BCUT2D eigenvalue weighted by molar-refractivity contribution is 6.21. The first kappa shape index (κ1) is 14.7. The van der Waals surface area contributed by atoms with Crippen molar-refractivity contribution in [2.24, 2.45) is 0 Å². The Morgan fingerprint density at radius 3 is 2.47 bits per heavy atom. The first-order valence-corrected chi connectivity index (χ1v) is 7.57. The van der Waals surface area contributed by atoms with E-state index in [1.54, 1.807) is 0 Å². The van der Waals surface area contributed by atoms with Gasteiger partial charge in [0.05, 0.1) is 5.38 Å². The highest BCUT2D eigenvalue weighted by atomic mass is 35.5. The number of ether oxygens (including phenoxy) is 2. The summed E-state index contributed by atoms with van der Waals surface area (Å²) in [5, 5.41) is 0.0893. The molecule has 0 amide bonds. The van der Waals surface area contributed by atoms with Gasteiger partial charge in [0.2, 0.25) is 0 Å². The number of rotatable bonds is 6. The molecule has 0 aromatic heterocycles. The molecular weight excluding hydrogens is 260 g/mol. The Bertz CT molecular complexity index is 388. The molecule has 1 saturated carbocycles. The second-order valence-electron chi connectivity index (χ2n) is 5.47. The molecule has 19 heavy (non-hydrogen) atoms. The zero-order valence-electron chi connectivity index (χ0n) is 11.9. The summed E-state index contributed by atoms with van der Waals surface area (Å²) in [6.45, 7) is 7.23. The third kappa shape index (κ3) is 3.64. The lowest BCUT2D eigenvalue weighted by molar-refractivity contribution is -0.0797. The topological polar surface area (TPSA) is 18.5 Å². The van der Waals surface area contributed by atoms with Gasteiger partial charge in [-0.15, -0.1) is 11.6 Å². The molecule has 1 fully saturated rings. The molecule has 1 aromatic carbocycles. The Hall–Kier alpha value is -0.730. The van der Waals surface area contributed by atoms with E-state index in [9.17, 15) is 0 Å². The van der Waals surface area contributed by atoms with Gasteiger partial charge in [-0.3, -0.25) is 0 Å². The molecule has 1 aromatic rings. The summed E-state index contributed by atoms with van der Waals surface area (Å²) in [7, 11) is 0. The normalized spacial score (nSPS) is 26.3. The van der Waals surface area contributed by atoms with Crippen LogP contribution < -0.4 is 4.74 Å². The fraction of sp³-hybridized carbons (Fsp3) is 0.625. The van der Waals surface area contributed by atoms with Crippen LogP contribution in [-0.2, 0) is 4.74 Å². The van der Waals surface area contributed by atoms with Crippen LogP contribution in [-0.4, -0.2) is 24.2 Å². The monoisotopic (exact) mass is 282 g/mol. The van der Waals surface area contributed by atoms with Crippen LogP contribution in [0.15, 0.2) is 24.3 Å². The maximum absolute atomic E-state index is 6.17. The minimum Gasteiger partial charge on any atom is -0.488 e. The molecule has 0 radical (unpaired) electrons. The molecule has 3 unspecified atom stereocenters. The molecule has 1 aliphatic rings. The predicted molar refractivity (Wildman–Crippen MR) is 79.2 cm³/mol. The summed E-state index contributed by atoms with van der Waals surface area (Å²) in [5.74, 6) is 1.45. The summed E-state index contributed by atoms with van der Waals surface area (Å²) in [5.41, 5.74) is 1.33. The van der Waals surface area contributed by atoms with Gasteiger partial charge in [-0.05, 0) is 30.0 Å². The molecular formula is C16H23ClO2. The van der Waals surface area contributed by atoms with Crippen molar-refractivity contribution >= 4 is 11.6 Å². The smallest absolute Gasteiger partial charge is 0.128 e. The third-order valence-corrected chi connectivity index (χ3v) is 3.96. The van der Waals surface area contributed by atoms with Gasteiger partial charge in [-0.2, -0.15) is 0 Å². The Morgan fingerprint density at radius 2 is 1.95 bits per heavy atom. The van der Waals surface area contributed by atoms with E-state index in [2.05, 4.69) is 32.9 Å². The molecule has 106 valence electrons. The van der Waals surface area contributed by atoms with Crippen molar-refractivity contribution in [3.63, 3.8) is 0 Å². The first-order valence-electron chi connectivity index (χ1n) is 7.14. The van der Waals surface area contributed by atoms with Gasteiger partial charge in [-0.25, -0.2) is 0 Å². The van der Waals surface area contributed by atoms with Crippen molar-refractivity contribution in [3.05, 3.63) is 29.8 Å². The van der Waals surface area contributed by atoms with E-state index >= 15 is 0 Å². The molecule has 3 heteroatoms. The zero-order valence-corrected chi connectivity index (χ0v) is 12.7. The van der Waals surface area contributed by atoms with Crippen LogP contribution in [0.25, 0.3) is 0 Å². The molecule has 0 N–H and O–H groups in total. The van der Waals surface area contributed by atoms with Gasteiger partial charge in [0, 0.05) is 13.0 Å². The number of hydrogen-bond acceptors (Lipinski definition) is 2. The van der Waals surface area contributed by atoms with Crippen LogP contribution in [0.5, 0.6) is 5.75 Å². The van der Waals surface area contributed by atoms with E-state index in [0.29, 0.717) is 5.92 Å². The van der Waals surface area contributed by atoms with Gasteiger partial charge in [0.25, 0.3) is 0 Å². The van der Waals surface area contributed by atoms with Gasteiger partial charge >= 0.3 is 0 Å². The van der Waals surface area contributed by atoms with Crippen molar-refractivity contribution in [2.45, 2.75) is 57.1 Å². The van der Waals surface area contributed by atoms with Crippen molar-refractivity contribution in [2.75, 3.05) is 6.61 Å². The lowest BCUT2D eigenvalue weighted by Crippen LogP contribution is -2.52. The fourth-order valence-corrected chi connectivity index (χ4v) is 2.62. The molecule has 1 aliphatic carbocycles. The van der Waals surface area contributed by atoms with Gasteiger partial charge in [-0.1, -0.05) is 32.9 Å².